The van der Waals surface area contributed by atoms with Crippen LogP contribution in [0.4, 0.5) is 13.2 Å². The molecular weight excluding hydrogens is 545 g/mol. The molecule has 0 radical (unpaired) electrons. The zero-order valence-electron chi connectivity index (χ0n) is 23.1. The molecule has 4 aromatic rings. The van der Waals surface area contributed by atoms with Crippen LogP contribution in [0.1, 0.15) is 22.3 Å². The van der Waals surface area contributed by atoms with E-state index < -0.39 is 17.7 Å². The Morgan fingerprint density at radius 1 is 1.07 bits per heavy atom. The smallest absolute Gasteiger partial charge is 0.372 e. The van der Waals surface area contributed by atoms with Gasteiger partial charge in [-0.1, -0.05) is 17.4 Å². The molecule has 0 spiro atoms. The molecular formula is C30H29F3N8O. The van der Waals surface area contributed by atoms with Gasteiger partial charge in [-0.05, 0) is 56.0 Å². The maximum atomic E-state index is 13.8. The number of allylic oxidation sites excluding steroid dienone is 4. The van der Waals surface area contributed by atoms with Crippen LogP contribution in [0.3, 0.4) is 0 Å². The molecule has 1 aromatic carbocycles. The monoisotopic (exact) mass is 574 g/mol. The number of nitrogens with zero attached hydrogens (tertiary/aromatic N) is 6. The largest absolute Gasteiger partial charge is 0.416 e. The molecule has 6 rings (SSSR count). The molecule has 4 heterocycles. The minimum absolute atomic E-state index is 0.0906. The summed E-state index contributed by atoms with van der Waals surface area (Å²) in [6.45, 7) is 4.91. The Hall–Kier alpha value is -4.71. The van der Waals surface area contributed by atoms with Crippen LogP contribution in [0.25, 0.3) is 28.0 Å². The number of hydrogen-bond acceptors (Lipinski definition) is 6. The molecule has 0 atom stereocenters. The summed E-state index contributed by atoms with van der Waals surface area (Å²) in [6.07, 6.45) is 4.68. The first kappa shape index (κ1) is 27.5. The highest BCUT2D eigenvalue weighted by atomic mass is 19.4. The number of carbonyl (C=O) groups is 1. The highest BCUT2D eigenvalue weighted by molar-refractivity contribution is 5.96. The Morgan fingerprint density at radius 2 is 1.88 bits per heavy atom. The standard InChI is InChI=1S/C30H29F3N8O/c1-19-3-4-21(14-27(19)41-18-26(37-38-41)22-13-20-7-8-34-28(20)35-17-22)29(42)36-24-15-23(30(31,32)33)5-6-25(16-24)40-11-9-39(2)10-12-40/h3-5,7-8,13-18H,6,9-12H2,1-2H3,(H,34,35)(H,36,42). The van der Waals surface area contributed by atoms with Gasteiger partial charge >= 0.3 is 6.18 Å². The van der Waals surface area contributed by atoms with Crippen LogP contribution in [0.5, 0.6) is 0 Å². The maximum Gasteiger partial charge on any atom is 0.416 e. The molecule has 9 nitrogen and oxygen atoms in total. The van der Waals surface area contributed by atoms with Gasteiger partial charge in [0, 0.05) is 72.9 Å². The zero-order chi connectivity index (χ0) is 29.4. The number of aryl methyl sites for hydroxylation is 1. The van der Waals surface area contributed by atoms with E-state index in [4.69, 9.17) is 0 Å². The number of H-pyrrole nitrogens is 1. The predicted octanol–water partition coefficient (Wildman–Crippen LogP) is 4.76. The fraction of sp³-hybridized carbons (Fsp3) is 0.267. The Labute approximate surface area is 240 Å². The first-order valence-electron chi connectivity index (χ1n) is 13.6. The molecule has 1 fully saturated rings. The third kappa shape index (κ3) is 5.70. The number of fused-ring (bicyclic) bond motifs is 1. The average Bonchev–Trinajstić information content (AvgIpc) is 3.59. The zero-order valence-corrected chi connectivity index (χ0v) is 23.1. The molecule has 1 amide bonds. The van der Waals surface area contributed by atoms with E-state index in [1.165, 1.54) is 6.08 Å². The Bertz CT molecular complexity index is 1740. The number of rotatable bonds is 5. The Balaban J connectivity index is 1.26. The second-order valence-corrected chi connectivity index (χ2v) is 10.5. The molecule has 216 valence electrons. The highest BCUT2D eigenvalue weighted by Crippen LogP contribution is 2.31. The molecule has 0 saturated carbocycles. The van der Waals surface area contributed by atoms with E-state index in [1.54, 1.807) is 41.4 Å². The number of benzene rings is 1. The van der Waals surface area contributed by atoms with E-state index in [9.17, 15) is 18.0 Å². The van der Waals surface area contributed by atoms with Crippen molar-refractivity contribution >= 4 is 16.9 Å². The summed E-state index contributed by atoms with van der Waals surface area (Å²) in [5.74, 6) is -0.526. The summed E-state index contributed by atoms with van der Waals surface area (Å²) in [5.41, 5.74) is 3.95. The van der Waals surface area contributed by atoms with E-state index in [-0.39, 0.29) is 17.7 Å². The molecule has 0 bridgehead atoms. The number of aromatic nitrogens is 5. The van der Waals surface area contributed by atoms with Crippen molar-refractivity contribution in [1.29, 1.82) is 0 Å². The van der Waals surface area contributed by atoms with Gasteiger partial charge in [0.05, 0.1) is 17.5 Å². The fourth-order valence-corrected chi connectivity index (χ4v) is 5.10. The molecule has 0 unspecified atom stereocenters. The van der Waals surface area contributed by atoms with Crippen LogP contribution < -0.4 is 5.32 Å². The number of likely N-dealkylation sites (N-methyl/N-ethyl adjacent to an activating group) is 1. The van der Waals surface area contributed by atoms with Crippen molar-refractivity contribution in [1.82, 2.24) is 40.1 Å². The first-order chi connectivity index (χ1) is 20.1. The molecule has 1 aliphatic heterocycles. The van der Waals surface area contributed by atoms with Crippen molar-refractivity contribution in [3.05, 3.63) is 95.2 Å². The van der Waals surface area contributed by atoms with Crippen LogP contribution in [0.15, 0.2) is 84.1 Å². The van der Waals surface area contributed by atoms with Gasteiger partial charge < -0.3 is 20.1 Å². The van der Waals surface area contributed by atoms with Gasteiger partial charge in [-0.3, -0.25) is 4.79 Å². The van der Waals surface area contributed by atoms with Crippen molar-refractivity contribution < 1.29 is 18.0 Å². The van der Waals surface area contributed by atoms with Gasteiger partial charge in [0.1, 0.15) is 11.3 Å². The normalized spacial score (nSPS) is 16.6. The lowest BCUT2D eigenvalue weighted by Gasteiger charge is -2.35. The van der Waals surface area contributed by atoms with Crippen LogP contribution in [-0.4, -0.2) is 80.1 Å². The first-order valence-corrected chi connectivity index (χ1v) is 13.6. The second-order valence-electron chi connectivity index (χ2n) is 10.5. The third-order valence-corrected chi connectivity index (χ3v) is 7.57. The Kier molecular flexibility index (Phi) is 7.15. The molecule has 1 saturated heterocycles. The molecule has 1 aliphatic carbocycles. The van der Waals surface area contributed by atoms with Gasteiger partial charge in [-0.15, -0.1) is 5.10 Å². The van der Waals surface area contributed by atoms with Crippen molar-refractivity contribution in [2.75, 3.05) is 33.2 Å². The van der Waals surface area contributed by atoms with Gasteiger partial charge in [-0.2, -0.15) is 13.2 Å². The molecule has 12 heteroatoms. The SMILES string of the molecule is Cc1ccc(C(=O)NC2=CC(C(F)(F)F)=CCC(N3CCN(C)CC3)=C2)cc1-n1cc(-c2cnc3[nH]ccc3c2)nn1. The molecule has 2 N–H and O–H groups in total. The molecule has 2 aliphatic rings. The van der Waals surface area contributed by atoms with Crippen molar-refractivity contribution in [2.24, 2.45) is 0 Å². The number of nitrogens with one attached hydrogen (secondary N) is 2. The van der Waals surface area contributed by atoms with E-state index >= 15 is 0 Å². The number of pyridine rings is 1. The summed E-state index contributed by atoms with van der Waals surface area (Å²) >= 11 is 0. The minimum Gasteiger partial charge on any atom is -0.372 e. The maximum absolute atomic E-state index is 13.8. The predicted molar refractivity (Wildman–Crippen MR) is 153 cm³/mol. The van der Waals surface area contributed by atoms with Crippen molar-refractivity contribution in [3.63, 3.8) is 0 Å². The average molecular weight is 575 g/mol. The molecule has 42 heavy (non-hydrogen) atoms. The van der Waals surface area contributed by atoms with E-state index in [2.05, 4.69) is 35.4 Å². The molecule has 3 aromatic heterocycles. The minimum atomic E-state index is -4.54. The summed E-state index contributed by atoms with van der Waals surface area (Å²) in [6, 6.07) is 8.94. The number of alkyl halides is 3. The second kappa shape index (κ2) is 10.9. The van der Waals surface area contributed by atoms with Crippen LogP contribution in [0.2, 0.25) is 0 Å². The number of hydrogen-bond donors (Lipinski definition) is 2. The lowest BCUT2D eigenvalue weighted by Crippen LogP contribution is -2.43. The summed E-state index contributed by atoms with van der Waals surface area (Å²) in [4.78, 5) is 25.1. The topological polar surface area (TPSA) is 95.0 Å². The number of piperazine rings is 1. The lowest BCUT2D eigenvalue weighted by atomic mass is 10.1. The van der Waals surface area contributed by atoms with Crippen LogP contribution in [0, 0.1) is 6.92 Å². The lowest BCUT2D eigenvalue weighted by molar-refractivity contribution is -0.0884. The van der Waals surface area contributed by atoms with Gasteiger partial charge in [0.2, 0.25) is 0 Å². The number of halogens is 3. The number of amides is 1. The van der Waals surface area contributed by atoms with Crippen LogP contribution in [-0.2, 0) is 0 Å². The number of aromatic amines is 1. The number of carbonyl (C=O) groups excluding carboxylic acids is 1. The van der Waals surface area contributed by atoms with Gasteiger partial charge in [0.15, 0.2) is 0 Å². The summed E-state index contributed by atoms with van der Waals surface area (Å²) in [7, 11) is 2.02. The fourth-order valence-electron chi connectivity index (χ4n) is 5.10. The van der Waals surface area contributed by atoms with Gasteiger partial charge in [0.25, 0.3) is 5.91 Å². The van der Waals surface area contributed by atoms with Crippen molar-refractivity contribution in [2.45, 2.75) is 19.5 Å². The summed E-state index contributed by atoms with van der Waals surface area (Å²) < 4.78 is 42.8. The summed E-state index contributed by atoms with van der Waals surface area (Å²) in [5, 5.41) is 12.2. The third-order valence-electron chi connectivity index (χ3n) is 7.57. The van der Waals surface area contributed by atoms with E-state index in [0.29, 0.717) is 24.5 Å². The Morgan fingerprint density at radius 3 is 2.67 bits per heavy atom. The van der Waals surface area contributed by atoms with Crippen LogP contribution >= 0.6 is 0 Å². The highest BCUT2D eigenvalue weighted by Gasteiger charge is 2.33. The van der Waals surface area contributed by atoms with E-state index in [0.717, 1.165) is 47.0 Å². The van der Waals surface area contributed by atoms with E-state index in [1.807, 2.05) is 32.3 Å². The quantitative estimate of drug-likeness (QED) is 0.357. The van der Waals surface area contributed by atoms with Gasteiger partial charge in [-0.25, -0.2) is 9.67 Å². The van der Waals surface area contributed by atoms with Crippen molar-refractivity contribution in [3.8, 4) is 16.9 Å².